The van der Waals surface area contributed by atoms with Gasteiger partial charge in [0.05, 0.1) is 7.11 Å². The summed E-state index contributed by atoms with van der Waals surface area (Å²) in [4.78, 5) is 43.4. The van der Waals surface area contributed by atoms with E-state index in [0.29, 0.717) is 31.1 Å². The van der Waals surface area contributed by atoms with Gasteiger partial charge in [-0.2, -0.15) is 0 Å². The van der Waals surface area contributed by atoms with Crippen molar-refractivity contribution >= 4 is 23.5 Å². The molecule has 0 aliphatic heterocycles. The minimum Gasteiger partial charge on any atom is -0.481 e. The number of ether oxygens (including phenoxy) is 1. The molecule has 2 unspecified atom stereocenters. The van der Waals surface area contributed by atoms with Crippen LogP contribution in [0.1, 0.15) is 67.2 Å². The molecule has 0 saturated heterocycles. The molecule has 2 saturated carbocycles. The maximum absolute atomic E-state index is 11.1. The molecule has 0 aromatic heterocycles. The fourth-order valence-corrected chi connectivity index (χ4v) is 4.41. The van der Waals surface area contributed by atoms with Gasteiger partial charge in [0, 0.05) is 25.7 Å². The lowest BCUT2D eigenvalue weighted by Gasteiger charge is -2.00. The summed E-state index contributed by atoms with van der Waals surface area (Å²) in [5, 5.41) is 8.62. The number of carboxylic acids is 1. The van der Waals surface area contributed by atoms with Gasteiger partial charge in [-0.3, -0.25) is 9.59 Å². The highest BCUT2D eigenvalue weighted by Crippen LogP contribution is 2.62. The lowest BCUT2D eigenvalue weighted by Crippen LogP contribution is -2.03. The van der Waals surface area contributed by atoms with E-state index in [4.69, 9.17) is 5.11 Å². The summed E-state index contributed by atoms with van der Waals surface area (Å²) >= 11 is 0. The maximum atomic E-state index is 11.1. The molecule has 1 N–H and O–H groups in total. The topological polar surface area (TPSA) is 97.7 Å². The third kappa shape index (κ3) is 6.15. The molecule has 0 bridgehead atoms. The number of rotatable bonds is 8. The second kappa shape index (κ2) is 8.53. The van der Waals surface area contributed by atoms with Gasteiger partial charge in [0.1, 0.15) is 11.6 Å². The molecule has 0 spiro atoms. The van der Waals surface area contributed by atoms with Crippen LogP contribution in [0.5, 0.6) is 0 Å². The van der Waals surface area contributed by atoms with Gasteiger partial charge in [-0.05, 0) is 48.3 Å². The summed E-state index contributed by atoms with van der Waals surface area (Å²) in [5.74, 6) is 0.576. The molecule has 2 aliphatic rings. The predicted molar refractivity (Wildman–Crippen MR) is 101 cm³/mol. The van der Waals surface area contributed by atoms with E-state index in [0.717, 1.165) is 0 Å². The van der Waals surface area contributed by atoms with Crippen molar-refractivity contribution in [1.29, 1.82) is 0 Å². The lowest BCUT2D eigenvalue weighted by molar-refractivity contribution is -0.141. The molecular formula is C21H34O6. The number of hydrogen-bond acceptors (Lipinski definition) is 5. The number of Topliss-reactive ketones (excluding diaryl/α,β-unsaturated/α-hetero) is 2. The Bertz CT molecular complexity index is 580. The first-order valence-electron chi connectivity index (χ1n) is 9.52. The zero-order chi connectivity index (χ0) is 21.2. The van der Waals surface area contributed by atoms with Gasteiger partial charge in [-0.25, -0.2) is 0 Å². The summed E-state index contributed by atoms with van der Waals surface area (Å²) in [6.45, 7) is 11.4. The summed E-state index contributed by atoms with van der Waals surface area (Å²) in [6, 6.07) is 0. The average molecular weight is 382 g/mol. The molecule has 6 nitrogen and oxygen atoms in total. The Balaban J connectivity index is 0.000000271. The maximum Gasteiger partial charge on any atom is 0.305 e. The van der Waals surface area contributed by atoms with Crippen LogP contribution in [0.15, 0.2) is 0 Å². The van der Waals surface area contributed by atoms with Crippen LogP contribution in [0.25, 0.3) is 0 Å². The summed E-state index contributed by atoms with van der Waals surface area (Å²) in [7, 11) is 1.40. The Labute approximate surface area is 162 Å². The van der Waals surface area contributed by atoms with Crippen molar-refractivity contribution < 1.29 is 29.0 Å². The van der Waals surface area contributed by atoms with Crippen LogP contribution in [-0.4, -0.2) is 35.7 Å². The van der Waals surface area contributed by atoms with E-state index in [1.165, 1.54) is 7.11 Å². The van der Waals surface area contributed by atoms with Crippen molar-refractivity contribution in [3.63, 3.8) is 0 Å². The predicted octanol–water partition coefficient (Wildman–Crippen LogP) is 3.51. The van der Waals surface area contributed by atoms with Gasteiger partial charge in [-0.15, -0.1) is 0 Å². The third-order valence-electron chi connectivity index (χ3n) is 6.60. The minimum atomic E-state index is -0.760. The highest BCUT2D eigenvalue weighted by atomic mass is 16.5. The SMILES string of the molecule is CC(=O)CC1[C@@H](CC(=O)O)C1(C)C.COC(=O)C[C@@H]1C(CC(C)=O)C1(C)C. The summed E-state index contributed by atoms with van der Waals surface area (Å²) in [6.07, 6.45) is 1.77. The largest absolute Gasteiger partial charge is 0.481 e. The summed E-state index contributed by atoms with van der Waals surface area (Å²) in [5.41, 5.74) is 0.171. The molecule has 6 heteroatoms. The van der Waals surface area contributed by atoms with Crippen molar-refractivity contribution in [3.8, 4) is 0 Å². The third-order valence-corrected chi connectivity index (χ3v) is 6.60. The molecule has 2 rings (SSSR count). The van der Waals surface area contributed by atoms with Crippen LogP contribution in [0, 0.1) is 34.5 Å². The van der Waals surface area contributed by atoms with E-state index in [2.05, 4.69) is 18.6 Å². The lowest BCUT2D eigenvalue weighted by atomic mass is 10.1. The molecule has 154 valence electrons. The highest BCUT2D eigenvalue weighted by Gasteiger charge is 2.58. The first kappa shape index (κ1) is 23.3. The fourth-order valence-electron chi connectivity index (χ4n) is 4.41. The molecule has 0 aromatic carbocycles. The van der Waals surface area contributed by atoms with E-state index in [9.17, 15) is 19.2 Å². The minimum absolute atomic E-state index is 0.0457. The Morgan fingerprint density at radius 2 is 1.07 bits per heavy atom. The number of hydrogen-bond donors (Lipinski definition) is 1. The van der Waals surface area contributed by atoms with Crippen LogP contribution >= 0.6 is 0 Å². The van der Waals surface area contributed by atoms with Gasteiger partial charge < -0.3 is 19.4 Å². The van der Waals surface area contributed by atoms with Crippen LogP contribution in [0.4, 0.5) is 0 Å². The van der Waals surface area contributed by atoms with Crippen LogP contribution in [0.2, 0.25) is 0 Å². The van der Waals surface area contributed by atoms with E-state index in [-0.39, 0.29) is 46.6 Å². The number of ketones is 2. The summed E-state index contributed by atoms with van der Waals surface area (Å²) < 4.78 is 4.62. The van der Waals surface area contributed by atoms with Crippen molar-refractivity contribution in [3.05, 3.63) is 0 Å². The first-order valence-corrected chi connectivity index (χ1v) is 9.52. The number of carbonyl (C=O) groups excluding carboxylic acids is 3. The van der Waals surface area contributed by atoms with Gasteiger partial charge in [0.25, 0.3) is 0 Å². The average Bonchev–Trinajstić information content (AvgIpc) is 3.21. The Morgan fingerprint density at radius 3 is 1.37 bits per heavy atom. The van der Waals surface area contributed by atoms with Gasteiger partial charge in [0.2, 0.25) is 0 Å². The number of esters is 1. The number of aliphatic carboxylic acids is 1. The molecular weight excluding hydrogens is 348 g/mol. The quantitative estimate of drug-likeness (QED) is 0.645. The number of carboxylic acid groups (broad SMARTS) is 1. The normalized spacial score (nSPS) is 29.0. The molecule has 27 heavy (non-hydrogen) atoms. The Morgan fingerprint density at radius 1 is 0.741 bits per heavy atom. The van der Waals surface area contributed by atoms with E-state index in [1.807, 2.05) is 13.8 Å². The zero-order valence-corrected chi connectivity index (χ0v) is 17.6. The highest BCUT2D eigenvalue weighted by molar-refractivity contribution is 5.77. The first-order chi connectivity index (χ1) is 12.2. The van der Waals surface area contributed by atoms with Crippen LogP contribution in [-0.2, 0) is 23.9 Å². The molecule has 0 heterocycles. The van der Waals surface area contributed by atoms with E-state index < -0.39 is 5.97 Å². The fraction of sp³-hybridized carbons (Fsp3) is 0.810. The Hall–Kier alpha value is -1.72. The van der Waals surface area contributed by atoms with Crippen LogP contribution in [0.3, 0.4) is 0 Å². The second-order valence-electron chi connectivity index (χ2n) is 9.26. The van der Waals surface area contributed by atoms with Gasteiger partial charge in [-0.1, -0.05) is 27.7 Å². The molecule has 0 radical (unpaired) electrons. The second-order valence-corrected chi connectivity index (χ2v) is 9.26. The van der Waals surface area contributed by atoms with Gasteiger partial charge >= 0.3 is 11.9 Å². The Kier molecular flexibility index (Phi) is 7.37. The van der Waals surface area contributed by atoms with E-state index in [1.54, 1.807) is 13.8 Å². The standard InChI is InChI=1S/C11H18O3.C10H16O3/c1-7(12)5-8-9(11(8,2)3)6-10(13)14-4;1-6(11)4-7-8(5-9(12)13)10(7,2)3/h8-9H,5-6H2,1-4H3;7-8H,4-5H2,1-3H3,(H,12,13)/t8?,9-;7?,8-/m11/s1. The zero-order valence-electron chi connectivity index (χ0n) is 17.6. The van der Waals surface area contributed by atoms with E-state index >= 15 is 0 Å². The van der Waals surface area contributed by atoms with Crippen molar-refractivity contribution in [2.24, 2.45) is 34.5 Å². The molecule has 0 aromatic rings. The number of carbonyl (C=O) groups is 4. The monoisotopic (exact) mass is 382 g/mol. The molecule has 2 aliphatic carbocycles. The van der Waals surface area contributed by atoms with Gasteiger partial charge in [0.15, 0.2) is 0 Å². The smallest absolute Gasteiger partial charge is 0.305 e. The molecule has 4 atom stereocenters. The van der Waals surface area contributed by atoms with Crippen LogP contribution < -0.4 is 0 Å². The van der Waals surface area contributed by atoms with Crippen molar-refractivity contribution in [2.45, 2.75) is 67.2 Å². The molecule has 0 amide bonds. The molecule has 2 fully saturated rings. The van der Waals surface area contributed by atoms with Crippen molar-refractivity contribution in [1.82, 2.24) is 0 Å². The number of methoxy groups -OCH3 is 1. The van der Waals surface area contributed by atoms with Crippen molar-refractivity contribution in [2.75, 3.05) is 7.11 Å².